The molecule has 0 saturated carbocycles. The molecule has 1 aromatic heterocycles. The topological polar surface area (TPSA) is 87.4 Å². The molecular formula is C16H18F3N3O3. The lowest BCUT2D eigenvalue weighted by Gasteiger charge is -2.16. The number of carbonyl (C=O) groups is 1. The maximum atomic E-state index is 13.1. The van der Waals surface area contributed by atoms with Gasteiger partial charge in [0.2, 0.25) is 5.91 Å². The summed E-state index contributed by atoms with van der Waals surface area (Å²) < 4.78 is 44.3. The molecule has 6 nitrogen and oxygen atoms in total. The van der Waals surface area contributed by atoms with E-state index in [2.05, 4.69) is 15.8 Å². The Balaban J connectivity index is 2.04. The number of alkyl halides is 3. The molecule has 2 aromatic rings. The monoisotopic (exact) mass is 357 g/mol. The number of halogens is 3. The Bertz CT molecular complexity index is 729. The van der Waals surface area contributed by atoms with Gasteiger partial charge in [0.25, 0.3) is 0 Å². The molecule has 0 aliphatic rings. The van der Waals surface area contributed by atoms with Crippen LogP contribution < -0.4 is 10.6 Å². The van der Waals surface area contributed by atoms with Crippen molar-refractivity contribution in [2.75, 3.05) is 23.8 Å². The summed E-state index contributed by atoms with van der Waals surface area (Å²) in [5, 5.41) is 17.4. The summed E-state index contributed by atoms with van der Waals surface area (Å²) in [6.45, 7) is 1.42. The van der Waals surface area contributed by atoms with Gasteiger partial charge in [-0.3, -0.25) is 4.79 Å². The molecule has 0 unspecified atom stereocenters. The molecule has 3 N–H and O–H groups in total. The van der Waals surface area contributed by atoms with Crippen molar-refractivity contribution >= 4 is 17.3 Å². The average Bonchev–Trinajstić information content (AvgIpc) is 2.96. The Morgan fingerprint density at radius 2 is 2.08 bits per heavy atom. The van der Waals surface area contributed by atoms with Crippen LogP contribution in [0.5, 0.6) is 0 Å². The van der Waals surface area contributed by atoms with Crippen molar-refractivity contribution in [1.29, 1.82) is 0 Å². The van der Waals surface area contributed by atoms with Gasteiger partial charge in [-0.1, -0.05) is 5.16 Å². The predicted molar refractivity (Wildman–Crippen MR) is 85.2 cm³/mol. The van der Waals surface area contributed by atoms with Gasteiger partial charge >= 0.3 is 6.18 Å². The Morgan fingerprint density at radius 3 is 2.68 bits per heavy atom. The number of rotatable bonds is 7. The van der Waals surface area contributed by atoms with Gasteiger partial charge < -0.3 is 20.3 Å². The largest absolute Gasteiger partial charge is 0.418 e. The van der Waals surface area contributed by atoms with E-state index < -0.39 is 17.6 Å². The van der Waals surface area contributed by atoms with Crippen molar-refractivity contribution in [3.05, 3.63) is 41.3 Å². The molecule has 0 bridgehead atoms. The standard InChI is InChI=1S/C16H18F3N3O3/c1-10-8-12(22-25-10)3-5-15(24)21-11-2-4-14(20-6-7-23)13(9-11)16(17,18)19/h2,4,8-9,20,23H,3,5-7H2,1H3,(H,21,24). The fraction of sp³-hybridized carbons (Fsp3) is 0.375. The summed E-state index contributed by atoms with van der Waals surface area (Å²) in [4.78, 5) is 11.9. The second-order valence-corrected chi connectivity index (χ2v) is 5.39. The molecule has 0 spiro atoms. The van der Waals surface area contributed by atoms with Crippen LogP contribution >= 0.6 is 0 Å². The van der Waals surface area contributed by atoms with E-state index in [4.69, 9.17) is 9.63 Å². The molecule has 1 amide bonds. The van der Waals surface area contributed by atoms with E-state index in [-0.39, 0.29) is 30.9 Å². The van der Waals surface area contributed by atoms with E-state index in [1.807, 2.05) is 0 Å². The Labute approximate surface area is 142 Å². The van der Waals surface area contributed by atoms with Gasteiger partial charge in [-0.05, 0) is 25.1 Å². The van der Waals surface area contributed by atoms with Gasteiger partial charge in [-0.25, -0.2) is 0 Å². The lowest BCUT2D eigenvalue weighted by Crippen LogP contribution is -2.16. The van der Waals surface area contributed by atoms with Gasteiger partial charge in [0, 0.05) is 36.8 Å². The first-order chi connectivity index (χ1) is 11.8. The highest BCUT2D eigenvalue weighted by atomic mass is 19.4. The van der Waals surface area contributed by atoms with Gasteiger partial charge in [0.05, 0.1) is 17.9 Å². The smallest absolute Gasteiger partial charge is 0.395 e. The van der Waals surface area contributed by atoms with Crippen LogP contribution in [-0.2, 0) is 17.4 Å². The minimum Gasteiger partial charge on any atom is -0.395 e. The molecule has 0 fully saturated rings. The molecule has 0 aliphatic carbocycles. The zero-order valence-electron chi connectivity index (χ0n) is 13.5. The van der Waals surface area contributed by atoms with Crippen molar-refractivity contribution in [2.45, 2.75) is 25.9 Å². The summed E-state index contributed by atoms with van der Waals surface area (Å²) in [7, 11) is 0. The zero-order chi connectivity index (χ0) is 18.4. The maximum Gasteiger partial charge on any atom is 0.418 e. The fourth-order valence-electron chi connectivity index (χ4n) is 2.20. The quantitative estimate of drug-likeness (QED) is 0.709. The number of amides is 1. The fourth-order valence-corrected chi connectivity index (χ4v) is 2.20. The Kier molecular flexibility index (Phi) is 6.02. The molecule has 0 saturated heterocycles. The summed E-state index contributed by atoms with van der Waals surface area (Å²) in [5.41, 5.74) is -0.418. The number of hydrogen-bond donors (Lipinski definition) is 3. The third kappa shape index (κ3) is 5.49. The number of aryl methyl sites for hydroxylation is 2. The van der Waals surface area contributed by atoms with Crippen molar-refractivity contribution < 1.29 is 27.6 Å². The molecule has 0 radical (unpaired) electrons. The zero-order valence-corrected chi connectivity index (χ0v) is 13.5. The first-order valence-electron chi connectivity index (χ1n) is 7.57. The number of anilines is 2. The van der Waals surface area contributed by atoms with E-state index in [0.29, 0.717) is 17.9 Å². The van der Waals surface area contributed by atoms with E-state index in [1.54, 1.807) is 13.0 Å². The number of carbonyl (C=O) groups excluding carboxylic acids is 1. The van der Waals surface area contributed by atoms with E-state index >= 15 is 0 Å². The molecule has 1 aromatic carbocycles. The van der Waals surface area contributed by atoms with Gasteiger partial charge in [-0.2, -0.15) is 13.2 Å². The second kappa shape index (κ2) is 8.02. The highest BCUT2D eigenvalue weighted by Gasteiger charge is 2.33. The summed E-state index contributed by atoms with van der Waals surface area (Å²) in [5.74, 6) is 0.195. The van der Waals surface area contributed by atoms with Crippen molar-refractivity contribution in [3.63, 3.8) is 0 Å². The summed E-state index contributed by atoms with van der Waals surface area (Å²) >= 11 is 0. The second-order valence-electron chi connectivity index (χ2n) is 5.39. The third-order valence-corrected chi connectivity index (χ3v) is 3.32. The van der Waals surface area contributed by atoms with Crippen molar-refractivity contribution in [2.24, 2.45) is 0 Å². The van der Waals surface area contributed by atoms with Gasteiger partial charge in [0.15, 0.2) is 0 Å². The summed E-state index contributed by atoms with van der Waals surface area (Å²) in [6.07, 6.45) is -4.19. The minimum absolute atomic E-state index is 0.00803. The molecule has 1 heterocycles. The molecule has 2 rings (SSSR count). The maximum absolute atomic E-state index is 13.1. The molecule has 136 valence electrons. The number of nitrogens with one attached hydrogen (secondary N) is 2. The molecular weight excluding hydrogens is 339 g/mol. The van der Waals surface area contributed by atoms with Crippen LogP contribution in [0, 0.1) is 6.92 Å². The van der Waals surface area contributed by atoms with Crippen LogP contribution in [0.4, 0.5) is 24.5 Å². The highest BCUT2D eigenvalue weighted by Crippen LogP contribution is 2.36. The highest BCUT2D eigenvalue weighted by molar-refractivity contribution is 5.91. The van der Waals surface area contributed by atoms with Crippen LogP contribution in [0.1, 0.15) is 23.4 Å². The number of hydrogen-bond acceptors (Lipinski definition) is 5. The lowest BCUT2D eigenvalue weighted by atomic mass is 10.1. The van der Waals surface area contributed by atoms with Gasteiger partial charge in [-0.15, -0.1) is 0 Å². The van der Waals surface area contributed by atoms with Crippen LogP contribution in [0.2, 0.25) is 0 Å². The lowest BCUT2D eigenvalue weighted by molar-refractivity contribution is -0.137. The van der Waals surface area contributed by atoms with Crippen molar-refractivity contribution in [1.82, 2.24) is 5.16 Å². The average molecular weight is 357 g/mol. The van der Waals surface area contributed by atoms with Crippen LogP contribution in [0.3, 0.4) is 0 Å². The minimum atomic E-state index is -4.59. The predicted octanol–water partition coefficient (Wildman–Crippen LogP) is 2.98. The van der Waals surface area contributed by atoms with E-state index in [1.165, 1.54) is 12.1 Å². The van der Waals surface area contributed by atoms with E-state index in [9.17, 15) is 18.0 Å². The van der Waals surface area contributed by atoms with Crippen LogP contribution in [-0.4, -0.2) is 29.3 Å². The van der Waals surface area contributed by atoms with Crippen LogP contribution in [0.15, 0.2) is 28.8 Å². The summed E-state index contributed by atoms with van der Waals surface area (Å²) in [6, 6.07) is 5.14. The SMILES string of the molecule is Cc1cc(CCC(=O)Nc2ccc(NCCO)c(C(F)(F)F)c2)no1. The normalized spacial score (nSPS) is 11.4. The number of aliphatic hydroxyl groups excluding tert-OH is 1. The Morgan fingerprint density at radius 1 is 1.32 bits per heavy atom. The number of aliphatic hydroxyl groups is 1. The number of nitrogens with zero attached hydrogens (tertiary/aromatic N) is 1. The van der Waals surface area contributed by atoms with Crippen molar-refractivity contribution in [3.8, 4) is 0 Å². The molecule has 25 heavy (non-hydrogen) atoms. The van der Waals surface area contributed by atoms with Gasteiger partial charge in [0.1, 0.15) is 5.76 Å². The van der Waals surface area contributed by atoms with Crippen LogP contribution in [0.25, 0.3) is 0 Å². The molecule has 0 aliphatic heterocycles. The number of benzene rings is 1. The molecule has 9 heteroatoms. The molecule has 0 atom stereocenters. The first kappa shape index (κ1) is 18.8. The first-order valence-corrected chi connectivity index (χ1v) is 7.57. The Hall–Kier alpha value is -2.55. The third-order valence-electron chi connectivity index (χ3n) is 3.32. The van der Waals surface area contributed by atoms with E-state index in [0.717, 1.165) is 6.07 Å². The number of aromatic nitrogens is 1.